The lowest BCUT2D eigenvalue weighted by Crippen LogP contribution is -2.08. The molecule has 0 radical (unpaired) electrons. The first-order valence-corrected chi connectivity index (χ1v) is 8.48. The van der Waals surface area contributed by atoms with E-state index in [1.165, 1.54) is 39.9 Å². The van der Waals surface area contributed by atoms with Crippen LogP contribution in [0.4, 0.5) is 0 Å². The fourth-order valence-electron chi connectivity index (χ4n) is 2.47. The average Bonchev–Trinajstić information content (AvgIpc) is 2.40. The third-order valence-corrected chi connectivity index (χ3v) is 5.44. The van der Waals surface area contributed by atoms with Gasteiger partial charge in [0.2, 0.25) is 0 Å². The van der Waals surface area contributed by atoms with E-state index in [0.29, 0.717) is 18.3 Å². The fraction of sp³-hybridized carbons (Fsp3) is 0.533. The number of rotatable bonds is 4. The molecule has 1 unspecified atom stereocenters. The number of carbonyl (C=O) groups excluding carboxylic acids is 1. The van der Waals surface area contributed by atoms with E-state index in [-0.39, 0.29) is 0 Å². The monoisotopic (exact) mass is 326 g/mol. The van der Waals surface area contributed by atoms with Crippen LogP contribution >= 0.6 is 27.7 Å². The Bertz CT molecular complexity index is 413. The Morgan fingerprint density at radius 3 is 2.78 bits per heavy atom. The van der Waals surface area contributed by atoms with E-state index in [1.54, 1.807) is 0 Å². The lowest BCUT2D eigenvalue weighted by molar-refractivity contribution is -0.108. The van der Waals surface area contributed by atoms with Gasteiger partial charge in [0, 0.05) is 10.9 Å². The number of carbonyl (C=O) groups is 1. The normalized spacial score (nSPS) is 18.6. The lowest BCUT2D eigenvalue weighted by atomic mass is 9.90. The molecule has 1 aliphatic rings. The summed E-state index contributed by atoms with van der Waals surface area (Å²) in [6, 6.07) is 6.64. The summed E-state index contributed by atoms with van der Waals surface area (Å²) >= 11 is 5.77. The van der Waals surface area contributed by atoms with Crippen LogP contribution in [0.5, 0.6) is 0 Å². The van der Waals surface area contributed by atoms with Gasteiger partial charge in [0.15, 0.2) is 0 Å². The number of hydrogen-bond acceptors (Lipinski definition) is 2. The molecular formula is C15H19BrOS. The van der Waals surface area contributed by atoms with E-state index >= 15 is 0 Å². The molecule has 3 heteroatoms. The number of aldehydes is 1. The molecular weight excluding hydrogens is 308 g/mol. The molecule has 2 rings (SSSR count). The predicted octanol–water partition coefficient (Wildman–Crippen LogP) is 4.75. The maximum absolute atomic E-state index is 10.6. The minimum absolute atomic E-state index is 0.315. The largest absolute Gasteiger partial charge is 0.303 e. The maximum Gasteiger partial charge on any atom is 0.120 e. The van der Waals surface area contributed by atoms with E-state index in [0.717, 1.165) is 6.29 Å². The first-order valence-electron chi connectivity index (χ1n) is 6.53. The smallest absolute Gasteiger partial charge is 0.120 e. The highest BCUT2D eigenvalue weighted by Crippen LogP contribution is 2.36. The molecule has 1 nitrogen and oxygen atoms in total. The minimum Gasteiger partial charge on any atom is -0.303 e. The third kappa shape index (κ3) is 3.39. The molecule has 0 aliphatic carbocycles. The number of benzene rings is 1. The summed E-state index contributed by atoms with van der Waals surface area (Å²) in [5.41, 5.74) is 2.69. The van der Waals surface area contributed by atoms with Crippen LogP contribution in [0.15, 0.2) is 22.7 Å². The van der Waals surface area contributed by atoms with Crippen LogP contribution in [0.25, 0.3) is 0 Å². The zero-order chi connectivity index (χ0) is 13.0. The third-order valence-electron chi connectivity index (χ3n) is 3.70. The van der Waals surface area contributed by atoms with Crippen LogP contribution in [-0.2, 0) is 4.79 Å². The Balaban J connectivity index is 2.16. The Morgan fingerprint density at radius 2 is 2.17 bits per heavy atom. The molecule has 1 fully saturated rings. The fourth-order valence-corrected chi connectivity index (χ4v) is 4.30. The molecule has 0 aromatic heterocycles. The number of thioether (sulfide) groups is 1. The molecule has 1 aliphatic heterocycles. The molecule has 0 bridgehead atoms. The van der Waals surface area contributed by atoms with Crippen LogP contribution in [-0.4, -0.2) is 17.8 Å². The first-order chi connectivity index (χ1) is 8.72. The molecule has 1 aromatic carbocycles. The van der Waals surface area contributed by atoms with Gasteiger partial charge in [0.05, 0.1) is 0 Å². The van der Waals surface area contributed by atoms with Crippen molar-refractivity contribution in [2.45, 2.75) is 38.0 Å². The van der Waals surface area contributed by atoms with Gasteiger partial charge < -0.3 is 4.79 Å². The van der Waals surface area contributed by atoms with Gasteiger partial charge in [-0.25, -0.2) is 0 Å². The molecule has 0 amide bonds. The summed E-state index contributed by atoms with van der Waals surface area (Å²) in [6.07, 6.45) is 4.18. The van der Waals surface area contributed by atoms with E-state index in [9.17, 15) is 4.79 Å². The second-order valence-electron chi connectivity index (χ2n) is 4.97. The van der Waals surface area contributed by atoms with Crippen molar-refractivity contribution in [2.24, 2.45) is 0 Å². The standard InChI is InChI=1S/C15H19BrOS/c1-11(4-7-17)13-2-3-14(15(16)10-13)12-5-8-18-9-6-12/h2-3,7,10-12H,4-6,8-9H2,1H3. The zero-order valence-corrected chi connectivity index (χ0v) is 13.1. The highest BCUT2D eigenvalue weighted by Gasteiger charge is 2.18. The molecule has 1 aromatic rings. The maximum atomic E-state index is 10.6. The van der Waals surface area contributed by atoms with Crippen molar-refractivity contribution in [2.75, 3.05) is 11.5 Å². The molecule has 0 spiro atoms. The van der Waals surface area contributed by atoms with Crippen molar-refractivity contribution in [3.63, 3.8) is 0 Å². The van der Waals surface area contributed by atoms with Crippen LogP contribution in [0.2, 0.25) is 0 Å². The molecule has 1 heterocycles. The molecule has 0 saturated carbocycles. The zero-order valence-electron chi connectivity index (χ0n) is 10.7. The van der Waals surface area contributed by atoms with Gasteiger partial charge in [-0.2, -0.15) is 11.8 Å². The van der Waals surface area contributed by atoms with Gasteiger partial charge in [0.1, 0.15) is 6.29 Å². The highest BCUT2D eigenvalue weighted by molar-refractivity contribution is 9.10. The van der Waals surface area contributed by atoms with Gasteiger partial charge in [-0.1, -0.05) is 35.0 Å². The summed E-state index contributed by atoms with van der Waals surface area (Å²) in [5.74, 6) is 3.58. The van der Waals surface area contributed by atoms with Gasteiger partial charge in [0.25, 0.3) is 0 Å². The lowest BCUT2D eigenvalue weighted by Gasteiger charge is -2.23. The van der Waals surface area contributed by atoms with E-state index in [4.69, 9.17) is 0 Å². The second kappa shape index (κ2) is 6.76. The number of hydrogen-bond donors (Lipinski definition) is 0. The van der Waals surface area contributed by atoms with Crippen LogP contribution in [0.3, 0.4) is 0 Å². The summed E-state index contributed by atoms with van der Waals surface area (Å²) in [4.78, 5) is 10.6. The Hall–Kier alpha value is -0.280. The van der Waals surface area contributed by atoms with Crippen LogP contribution in [0.1, 0.15) is 49.1 Å². The topological polar surface area (TPSA) is 17.1 Å². The summed E-state index contributed by atoms with van der Waals surface area (Å²) in [6.45, 7) is 2.10. The molecule has 1 atom stereocenters. The molecule has 1 saturated heterocycles. The Labute approximate surface area is 122 Å². The first kappa shape index (κ1) is 14.1. The second-order valence-corrected chi connectivity index (χ2v) is 7.05. The van der Waals surface area contributed by atoms with Crippen molar-refractivity contribution < 1.29 is 4.79 Å². The highest BCUT2D eigenvalue weighted by atomic mass is 79.9. The summed E-state index contributed by atoms with van der Waals surface area (Å²) in [7, 11) is 0. The van der Waals surface area contributed by atoms with E-state index < -0.39 is 0 Å². The van der Waals surface area contributed by atoms with Crippen molar-refractivity contribution in [3.05, 3.63) is 33.8 Å². The van der Waals surface area contributed by atoms with Crippen molar-refractivity contribution in [1.82, 2.24) is 0 Å². The quantitative estimate of drug-likeness (QED) is 0.742. The van der Waals surface area contributed by atoms with E-state index in [2.05, 4.69) is 52.8 Å². The molecule has 98 valence electrons. The predicted molar refractivity (Wildman–Crippen MR) is 82.5 cm³/mol. The van der Waals surface area contributed by atoms with Crippen molar-refractivity contribution in [1.29, 1.82) is 0 Å². The number of halogens is 1. The van der Waals surface area contributed by atoms with Crippen LogP contribution < -0.4 is 0 Å². The molecule has 0 N–H and O–H groups in total. The molecule has 18 heavy (non-hydrogen) atoms. The van der Waals surface area contributed by atoms with E-state index in [1.807, 2.05) is 0 Å². The van der Waals surface area contributed by atoms with Gasteiger partial charge in [-0.05, 0) is 53.4 Å². The Morgan fingerprint density at radius 1 is 1.44 bits per heavy atom. The average molecular weight is 327 g/mol. The Kier molecular flexibility index (Phi) is 5.31. The minimum atomic E-state index is 0.315. The van der Waals surface area contributed by atoms with Crippen LogP contribution in [0, 0.1) is 0 Å². The van der Waals surface area contributed by atoms with Crippen molar-refractivity contribution in [3.8, 4) is 0 Å². The summed E-state index contributed by atoms with van der Waals surface area (Å²) in [5, 5.41) is 0. The summed E-state index contributed by atoms with van der Waals surface area (Å²) < 4.78 is 1.22. The van der Waals surface area contributed by atoms with Crippen molar-refractivity contribution >= 4 is 34.0 Å². The van der Waals surface area contributed by atoms with Gasteiger partial charge >= 0.3 is 0 Å². The van der Waals surface area contributed by atoms with Gasteiger partial charge in [-0.15, -0.1) is 0 Å². The van der Waals surface area contributed by atoms with Gasteiger partial charge in [-0.3, -0.25) is 0 Å². The SMILES string of the molecule is CC(CC=O)c1ccc(C2CCSCC2)c(Br)c1.